The van der Waals surface area contributed by atoms with Crippen molar-refractivity contribution in [1.82, 2.24) is 5.32 Å². The monoisotopic (exact) mass is 274 g/mol. The first kappa shape index (κ1) is 18.4. The molecule has 3 unspecified atom stereocenters. The number of rotatable bonds is 12. The maximum Gasteiger partial charge on any atom is 0.234 e. The summed E-state index contributed by atoms with van der Waals surface area (Å²) in [6.45, 7) is 7.32. The maximum absolute atomic E-state index is 10.8. The summed E-state index contributed by atoms with van der Waals surface area (Å²) in [5.41, 5.74) is 5.11. The van der Waals surface area contributed by atoms with Gasteiger partial charge in [0, 0.05) is 13.2 Å². The molecule has 0 fully saturated rings. The summed E-state index contributed by atoms with van der Waals surface area (Å²) < 4.78 is 5.53. The van der Waals surface area contributed by atoms with Crippen LogP contribution in [0.2, 0.25) is 0 Å². The zero-order valence-electron chi connectivity index (χ0n) is 12.5. The quantitative estimate of drug-likeness (QED) is 0.496. The summed E-state index contributed by atoms with van der Waals surface area (Å²) in [6.07, 6.45) is 4.11. The normalized spacial score (nSPS) is 16.0. The highest BCUT2D eigenvalue weighted by Crippen LogP contribution is 2.12. The third kappa shape index (κ3) is 9.87. The highest BCUT2D eigenvalue weighted by Gasteiger charge is 2.12. The zero-order chi connectivity index (χ0) is 14.7. The van der Waals surface area contributed by atoms with E-state index in [2.05, 4.69) is 19.2 Å². The number of hydrogen-bond acceptors (Lipinski definition) is 4. The standard InChI is InChI=1S/C14H30N2O3/c1-4-6-7-12(5-2)9-19-10-13(17)8-16-11(3)14(15)18/h11-13,16-17H,4-10H2,1-3H3,(H2,15,18). The molecule has 0 rings (SSSR count). The van der Waals surface area contributed by atoms with Crippen molar-refractivity contribution in [3.8, 4) is 0 Å². The van der Waals surface area contributed by atoms with Crippen molar-refractivity contribution in [2.75, 3.05) is 19.8 Å². The van der Waals surface area contributed by atoms with Gasteiger partial charge in [-0.05, 0) is 19.3 Å². The third-order valence-corrected chi connectivity index (χ3v) is 3.29. The summed E-state index contributed by atoms with van der Waals surface area (Å²) in [7, 11) is 0. The summed E-state index contributed by atoms with van der Waals surface area (Å²) >= 11 is 0. The van der Waals surface area contributed by atoms with Gasteiger partial charge in [-0.15, -0.1) is 0 Å². The second-order valence-electron chi connectivity index (χ2n) is 5.14. The number of nitrogens with one attached hydrogen (secondary N) is 1. The molecule has 114 valence electrons. The Bertz CT molecular complexity index is 237. The van der Waals surface area contributed by atoms with E-state index in [9.17, 15) is 9.90 Å². The molecule has 0 aromatic heterocycles. The van der Waals surface area contributed by atoms with Gasteiger partial charge < -0.3 is 20.9 Å². The van der Waals surface area contributed by atoms with Gasteiger partial charge in [-0.1, -0.05) is 33.1 Å². The highest BCUT2D eigenvalue weighted by molar-refractivity contribution is 5.79. The number of unbranched alkanes of at least 4 members (excludes halogenated alkanes) is 1. The van der Waals surface area contributed by atoms with E-state index in [4.69, 9.17) is 10.5 Å². The number of carbonyl (C=O) groups is 1. The summed E-state index contributed by atoms with van der Waals surface area (Å²) in [5.74, 6) is 0.156. The van der Waals surface area contributed by atoms with Crippen molar-refractivity contribution in [1.29, 1.82) is 0 Å². The van der Waals surface area contributed by atoms with Crippen LogP contribution in [0, 0.1) is 5.92 Å². The van der Waals surface area contributed by atoms with Gasteiger partial charge in [0.25, 0.3) is 0 Å². The zero-order valence-corrected chi connectivity index (χ0v) is 12.5. The molecule has 0 spiro atoms. The van der Waals surface area contributed by atoms with Crippen molar-refractivity contribution in [2.24, 2.45) is 11.7 Å². The first-order valence-corrected chi connectivity index (χ1v) is 7.29. The topological polar surface area (TPSA) is 84.6 Å². The molecule has 3 atom stereocenters. The van der Waals surface area contributed by atoms with Crippen LogP contribution in [0.1, 0.15) is 46.5 Å². The Kier molecular flexibility index (Phi) is 10.8. The Hall–Kier alpha value is -0.650. The van der Waals surface area contributed by atoms with Crippen molar-refractivity contribution < 1.29 is 14.6 Å². The Labute approximate surface area is 116 Å². The third-order valence-electron chi connectivity index (χ3n) is 3.29. The predicted octanol–water partition coefficient (Wildman–Crippen LogP) is 1.04. The molecule has 0 aliphatic heterocycles. The van der Waals surface area contributed by atoms with E-state index in [0.717, 1.165) is 6.42 Å². The average Bonchev–Trinajstić information content (AvgIpc) is 2.39. The number of aliphatic hydroxyl groups is 1. The lowest BCUT2D eigenvalue weighted by Gasteiger charge is -2.18. The second-order valence-corrected chi connectivity index (χ2v) is 5.14. The van der Waals surface area contributed by atoms with Gasteiger partial charge in [0.05, 0.1) is 18.8 Å². The Morgan fingerprint density at radius 3 is 2.58 bits per heavy atom. The molecule has 0 saturated carbocycles. The van der Waals surface area contributed by atoms with E-state index < -0.39 is 18.1 Å². The molecular weight excluding hydrogens is 244 g/mol. The fourth-order valence-corrected chi connectivity index (χ4v) is 1.74. The molecule has 0 saturated heterocycles. The van der Waals surface area contributed by atoms with Crippen LogP contribution >= 0.6 is 0 Å². The van der Waals surface area contributed by atoms with Crippen LogP contribution < -0.4 is 11.1 Å². The number of primary amides is 1. The fourth-order valence-electron chi connectivity index (χ4n) is 1.74. The van der Waals surface area contributed by atoms with Crippen LogP contribution in [0.5, 0.6) is 0 Å². The second kappa shape index (κ2) is 11.2. The molecule has 0 aliphatic carbocycles. The number of nitrogens with two attached hydrogens (primary N) is 1. The molecule has 5 heteroatoms. The first-order chi connectivity index (χ1) is 9.01. The lowest BCUT2D eigenvalue weighted by atomic mass is 10.0. The van der Waals surface area contributed by atoms with Crippen LogP contribution in [0.4, 0.5) is 0 Å². The van der Waals surface area contributed by atoms with Gasteiger partial charge >= 0.3 is 0 Å². The van der Waals surface area contributed by atoms with Gasteiger partial charge in [-0.25, -0.2) is 0 Å². The minimum absolute atomic E-state index is 0.293. The van der Waals surface area contributed by atoms with Gasteiger partial charge in [0.2, 0.25) is 5.91 Å². The molecule has 19 heavy (non-hydrogen) atoms. The van der Waals surface area contributed by atoms with E-state index in [0.29, 0.717) is 25.7 Å². The summed E-state index contributed by atoms with van der Waals surface area (Å²) in [4.78, 5) is 10.8. The molecule has 0 aliphatic rings. The Morgan fingerprint density at radius 1 is 1.37 bits per heavy atom. The smallest absolute Gasteiger partial charge is 0.234 e. The molecule has 1 amide bonds. The van der Waals surface area contributed by atoms with Gasteiger partial charge in [-0.2, -0.15) is 0 Å². The molecule has 0 bridgehead atoms. The predicted molar refractivity (Wildman–Crippen MR) is 76.8 cm³/mol. The van der Waals surface area contributed by atoms with Gasteiger partial charge in [0.1, 0.15) is 0 Å². The van der Waals surface area contributed by atoms with Crippen LogP contribution in [-0.4, -0.2) is 42.9 Å². The van der Waals surface area contributed by atoms with E-state index in [1.165, 1.54) is 19.3 Å². The Morgan fingerprint density at radius 2 is 2.05 bits per heavy atom. The van der Waals surface area contributed by atoms with Crippen LogP contribution in [0.15, 0.2) is 0 Å². The Balaban J connectivity index is 3.66. The van der Waals surface area contributed by atoms with E-state index in [1.807, 2.05) is 0 Å². The first-order valence-electron chi connectivity index (χ1n) is 7.29. The highest BCUT2D eigenvalue weighted by atomic mass is 16.5. The molecular formula is C14H30N2O3. The molecule has 5 nitrogen and oxygen atoms in total. The van der Waals surface area contributed by atoms with Gasteiger partial charge in [0.15, 0.2) is 0 Å². The number of carbonyl (C=O) groups excluding carboxylic acids is 1. The minimum Gasteiger partial charge on any atom is -0.389 e. The molecule has 0 aromatic carbocycles. The summed E-state index contributed by atoms with van der Waals surface area (Å²) in [5, 5.41) is 12.6. The van der Waals surface area contributed by atoms with Crippen molar-refractivity contribution in [3.63, 3.8) is 0 Å². The van der Waals surface area contributed by atoms with Crippen molar-refractivity contribution in [2.45, 2.75) is 58.6 Å². The lowest BCUT2D eigenvalue weighted by molar-refractivity contribution is -0.119. The van der Waals surface area contributed by atoms with E-state index >= 15 is 0 Å². The van der Waals surface area contributed by atoms with Crippen LogP contribution in [-0.2, 0) is 9.53 Å². The maximum atomic E-state index is 10.8. The van der Waals surface area contributed by atoms with Crippen LogP contribution in [0.3, 0.4) is 0 Å². The molecule has 0 aromatic rings. The minimum atomic E-state index is -0.606. The molecule has 0 radical (unpaired) electrons. The average molecular weight is 274 g/mol. The number of hydrogen-bond donors (Lipinski definition) is 3. The lowest BCUT2D eigenvalue weighted by Crippen LogP contribution is -2.43. The van der Waals surface area contributed by atoms with Crippen LogP contribution in [0.25, 0.3) is 0 Å². The summed E-state index contributed by atoms with van der Waals surface area (Å²) in [6, 6.07) is -0.428. The SMILES string of the molecule is CCCCC(CC)COCC(O)CNC(C)C(N)=O. The van der Waals surface area contributed by atoms with Crippen molar-refractivity contribution in [3.05, 3.63) is 0 Å². The van der Waals surface area contributed by atoms with E-state index in [-0.39, 0.29) is 0 Å². The largest absolute Gasteiger partial charge is 0.389 e. The number of amides is 1. The number of aliphatic hydroxyl groups excluding tert-OH is 1. The molecule has 0 heterocycles. The van der Waals surface area contributed by atoms with Gasteiger partial charge in [-0.3, -0.25) is 4.79 Å². The number of ether oxygens (including phenoxy) is 1. The van der Waals surface area contributed by atoms with E-state index in [1.54, 1.807) is 6.92 Å². The fraction of sp³-hybridized carbons (Fsp3) is 0.929. The molecule has 4 N–H and O–H groups in total. The van der Waals surface area contributed by atoms with Crippen molar-refractivity contribution >= 4 is 5.91 Å².